The van der Waals surface area contributed by atoms with E-state index < -0.39 is 0 Å². The van der Waals surface area contributed by atoms with Crippen molar-refractivity contribution in [1.82, 2.24) is 19.7 Å². The highest BCUT2D eigenvalue weighted by Gasteiger charge is 2.10. The Morgan fingerprint density at radius 2 is 1.93 bits per heavy atom. The normalized spacial score (nSPS) is 11.5. The summed E-state index contributed by atoms with van der Waals surface area (Å²) in [4.78, 5) is 20.8. The Bertz CT molecular complexity index is 1240. The Kier molecular flexibility index (Phi) is 4.33. The zero-order valence-corrected chi connectivity index (χ0v) is 15.4. The number of hydrogen-bond acceptors (Lipinski definition) is 5. The Morgan fingerprint density at radius 1 is 1.11 bits per heavy atom. The Hall–Kier alpha value is -3.25. The van der Waals surface area contributed by atoms with Crippen LogP contribution >= 0.6 is 11.6 Å². The molecule has 0 fully saturated rings. The third-order valence-corrected chi connectivity index (χ3v) is 4.59. The van der Waals surface area contributed by atoms with Gasteiger partial charge in [-0.15, -0.1) is 0 Å². The largest absolute Gasteiger partial charge is 0.334 e. The van der Waals surface area contributed by atoms with E-state index in [1.54, 1.807) is 24.6 Å². The van der Waals surface area contributed by atoms with Crippen LogP contribution < -0.4 is 5.56 Å². The molecule has 2 heterocycles. The Morgan fingerprint density at radius 3 is 2.74 bits per heavy atom. The lowest BCUT2D eigenvalue weighted by atomic mass is 10.1. The molecule has 0 N–H and O–H groups in total. The summed E-state index contributed by atoms with van der Waals surface area (Å²) in [7, 11) is 1.73. The van der Waals surface area contributed by atoms with Gasteiger partial charge in [0.15, 0.2) is 0 Å². The molecule has 0 aliphatic carbocycles. The van der Waals surface area contributed by atoms with E-state index >= 15 is 0 Å². The van der Waals surface area contributed by atoms with Crippen LogP contribution in [0.5, 0.6) is 0 Å². The zero-order chi connectivity index (χ0) is 19.0. The van der Waals surface area contributed by atoms with Gasteiger partial charge in [-0.05, 0) is 42.8 Å². The predicted octanol–water partition coefficient (Wildman–Crippen LogP) is 4.12. The van der Waals surface area contributed by atoms with Gasteiger partial charge in [-0.2, -0.15) is 4.98 Å². The molecule has 27 heavy (non-hydrogen) atoms. The van der Waals surface area contributed by atoms with Crippen LogP contribution in [0.1, 0.15) is 17.1 Å². The number of halogens is 1. The van der Waals surface area contributed by atoms with E-state index in [1.807, 2.05) is 48.5 Å². The summed E-state index contributed by atoms with van der Waals surface area (Å²) in [5, 5.41) is 4.67. The van der Waals surface area contributed by atoms with Crippen molar-refractivity contribution in [2.45, 2.75) is 6.92 Å². The molecule has 0 aliphatic heterocycles. The van der Waals surface area contributed by atoms with Crippen LogP contribution in [0.2, 0.25) is 5.02 Å². The number of benzene rings is 2. The summed E-state index contributed by atoms with van der Waals surface area (Å²) in [6, 6.07) is 13.0. The average molecular weight is 379 g/mol. The molecule has 0 spiro atoms. The minimum atomic E-state index is -0.109. The van der Waals surface area contributed by atoms with Gasteiger partial charge in [-0.3, -0.25) is 4.79 Å². The molecular weight excluding hydrogens is 364 g/mol. The number of rotatable bonds is 3. The van der Waals surface area contributed by atoms with Crippen LogP contribution in [0.3, 0.4) is 0 Å². The second-order valence-corrected chi connectivity index (χ2v) is 6.48. The molecule has 0 aliphatic rings. The van der Waals surface area contributed by atoms with Crippen molar-refractivity contribution < 1.29 is 4.52 Å². The first-order chi connectivity index (χ1) is 13.0. The third kappa shape index (κ3) is 3.27. The average Bonchev–Trinajstić information content (AvgIpc) is 3.14. The van der Waals surface area contributed by atoms with E-state index in [9.17, 15) is 4.79 Å². The summed E-state index contributed by atoms with van der Waals surface area (Å²) in [5.74, 6) is 0.818. The molecule has 0 bridgehead atoms. The van der Waals surface area contributed by atoms with Crippen molar-refractivity contribution in [1.29, 1.82) is 0 Å². The van der Waals surface area contributed by atoms with Gasteiger partial charge >= 0.3 is 0 Å². The van der Waals surface area contributed by atoms with Crippen molar-refractivity contribution in [2.75, 3.05) is 0 Å². The van der Waals surface area contributed by atoms with Crippen molar-refractivity contribution >= 4 is 34.8 Å². The molecule has 134 valence electrons. The molecule has 0 atom stereocenters. The van der Waals surface area contributed by atoms with Crippen LogP contribution in [-0.4, -0.2) is 19.7 Å². The molecule has 2 aromatic carbocycles. The lowest BCUT2D eigenvalue weighted by molar-refractivity contribution is 0.411. The van der Waals surface area contributed by atoms with Crippen LogP contribution in [0, 0.1) is 6.92 Å². The zero-order valence-electron chi connectivity index (χ0n) is 14.7. The molecular formula is C20H15ClN4O2. The molecule has 0 saturated heterocycles. The number of hydrogen-bond donors (Lipinski definition) is 0. The fourth-order valence-electron chi connectivity index (χ4n) is 2.81. The summed E-state index contributed by atoms with van der Waals surface area (Å²) in [6.45, 7) is 1.69. The van der Waals surface area contributed by atoms with Crippen LogP contribution in [-0.2, 0) is 7.05 Å². The topological polar surface area (TPSA) is 73.8 Å². The maximum absolute atomic E-state index is 12.0. The highest BCUT2D eigenvalue weighted by Crippen LogP contribution is 2.22. The van der Waals surface area contributed by atoms with Gasteiger partial charge in [-0.1, -0.05) is 35.0 Å². The first-order valence-corrected chi connectivity index (χ1v) is 8.65. The fraction of sp³-hybridized carbons (Fsp3) is 0.100. The highest BCUT2D eigenvalue weighted by molar-refractivity contribution is 6.32. The summed E-state index contributed by atoms with van der Waals surface area (Å²) in [5.41, 5.74) is 3.40. The summed E-state index contributed by atoms with van der Waals surface area (Å²) in [6.07, 6.45) is 3.53. The van der Waals surface area contributed by atoms with Crippen molar-refractivity contribution in [2.24, 2.45) is 7.05 Å². The minimum absolute atomic E-state index is 0.109. The number of nitrogens with zero attached hydrogens (tertiary/aromatic N) is 4. The first kappa shape index (κ1) is 17.2. The molecule has 0 amide bonds. The molecule has 4 rings (SSSR count). The lowest BCUT2D eigenvalue weighted by Crippen LogP contribution is -2.20. The van der Waals surface area contributed by atoms with E-state index in [0.717, 1.165) is 16.6 Å². The lowest BCUT2D eigenvalue weighted by Gasteiger charge is -2.06. The number of aromatic nitrogens is 4. The van der Waals surface area contributed by atoms with Crippen molar-refractivity contribution in [3.8, 4) is 11.4 Å². The molecule has 4 aromatic rings. The SMILES string of the molecule is Cc1nc2cc(-c3noc(C=Cc4ccccc4Cl)n3)ccc2n(C)c1=O. The van der Waals surface area contributed by atoms with E-state index in [-0.39, 0.29) is 5.56 Å². The van der Waals surface area contributed by atoms with Crippen molar-refractivity contribution in [3.05, 3.63) is 75.0 Å². The van der Waals surface area contributed by atoms with Crippen LogP contribution in [0.25, 0.3) is 34.6 Å². The van der Waals surface area contributed by atoms with E-state index in [0.29, 0.717) is 27.9 Å². The van der Waals surface area contributed by atoms with Gasteiger partial charge in [-0.25, -0.2) is 4.98 Å². The van der Waals surface area contributed by atoms with Gasteiger partial charge in [0, 0.05) is 23.7 Å². The quantitative estimate of drug-likeness (QED) is 0.536. The van der Waals surface area contributed by atoms with Crippen LogP contribution in [0.4, 0.5) is 0 Å². The molecule has 2 aromatic heterocycles. The summed E-state index contributed by atoms with van der Waals surface area (Å²) >= 11 is 6.13. The minimum Gasteiger partial charge on any atom is -0.334 e. The van der Waals surface area contributed by atoms with Crippen LogP contribution in [0.15, 0.2) is 51.8 Å². The van der Waals surface area contributed by atoms with Crippen molar-refractivity contribution in [3.63, 3.8) is 0 Å². The second-order valence-electron chi connectivity index (χ2n) is 6.08. The number of fused-ring (bicyclic) bond motifs is 1. The molecule has 0 radical (unpaired) electrons. The smallest absolute Gasteiger partial charge is 0.272 e. The highest BCUT2D eigenvalue weighted by atomic mass is 35.5. The first-order valence-electron chi connectivity index (χ1n) is 8.27. The Balaban J connectivity index is 1.68. The predicted molar refractivity (Wildman–Crippen MR) is 105 cm³/mol. The fourth-order valence-corrected chi connectivity index (χ4v) is 3.01. The van der Waals surface area contributed by atoms with E-state index in [4.69, 9.17) is 16.1 Å². The molecule has 7 heteroatoms. The van der Waals surface area contributed by atoms with E-state index in [1.165, 1.54) is 0 Å². The van der Waals surface area contributed by atoms with Gasteiger partial charge in [0.2, 0.25) is 5.82 Å². The standard InChI is InChI=1S/C20H15ClN4O2/c1-12-20(26)25(2)17-9-7-14(11-16(17)22-12)19-23-18(27-24-19)10-8-13-5-3-4-6-15(13)21/h3-11H,1-2H3. The van der Waals surface area contributed by atoms with E-state index in [2.05, 4.69) is 15.1 Å². The summed E-state index contributed by atoms with van der Waals surface area (Å²) < 4.78 is 6.87. The number of aryl methyl sites for hydroxylation is 2. The maximum Gasteiger partial charge on any atom is 0.272 e. The Labute approximate surface area is 159 Å². The maximum atomic E-state index is 12.0. The molecule has 6 nitrogen and oxygen atoms in total. The monoisotopic (exact) mass is 378 g/mol. The van der Waals surface area contributed by atoms with Gasteiger partial charge in [0.25, 0.3) is 11.4 Å². The third-order valence-electron chi connectivity index (χ3n) is 4.25. The van der Waals surface area contributed by atoms with Gasteiger partial charge < -0.3 is 9.09 Å². The molecule has 0 unspecified atom stereocenters. The molecule has 0 saturated carbocycles. The van der Waals surface area contributed by atoms with Gasteiger partial charge in [0.05, 0.1) is 11.0 Å². The van der Waals surface area contributed by atoms with Gasteiger partial charge in [0.1, 0.15) is 5.69 Å². The second kappa shape index (κ2) is 6.81.